The summed E-state index contributed by atoms with van der Waals surface area (Å²) in [5.74, 6) is 0.615. The molecule has 1 aromatic carbocycles. The second-order valence-electron chi connectivity index (χ2n) is 5.95. The van der Waals surface area contributed by atoms with Crippen molar-refractivity contribution in [3.63, 3.8) is 0 Å². The molecule has 0 aromatic heterocycles. The number of carbonyl (C=O) groups excluding carboxylic acids is 1. The lowest BCUT2D eigenvalue weighted by Crippen LogP contribution is -2.42. The molecule has 2 unspecified atom stereocenters. The molecule has 2 aliphatic heterocycles. The summed E-state index contributed by atoms with van der Waals surface area (Å²) in [5.41, 5.74) is 2.08. The Labute approximate surface area is 109 Å². The van der Waals surface area contributed by atoms with E-state index in [1.807, 2.05) is 18.2 Å². The molecule has 2 fully saturated rings. The average molecular weight is 243 g/mol. The lowest BCUT2D eigenvalue weighted by molar-refractivity contribution is 0.0767. The highest BCUT2D eigenvalue weighted by Gasteiger charge is 2.40. The Kier molecular flexibility index (Phi) is 2.98. The second kappa shape index (κ2) is 4.51. The minimum absolute atomic E-state index is 0.250. The van der Waals surface area contributed by atoms with Crippen molar-refractivity contribution in [3.8, 4) is 0 Å². The van der Waals surface area contributed by atoms with Crippen molar-refractivity contribution in [3.05, 3.63) is 35.4 Å². The highest BCUT2D eigenvalue weighted by atomic mass is 16.1. The van der Waals surface area contributed by atoms with Gasteiger partial charge in [0.1, 0.15) is 0 Å². The van der Waals surface area contributed by atoms with Crippen LogP contribution in [0.5, 0.6) is 0 Å². The van der Waals surface area contributed by atoms with Gasteiger partial charge in [-0.25, -0.2) is 0 Å². The van der Waals surface area contributed by atoms with Crippen molar-refractivity contribution in [2.75, 3.05) is 7.05 Å². The molecule has 2 atom stereocenters. The number of benzene rings is 1. The average Bonchev–Trinajstić information content (AvgIpc) is 2.61. The number of Topliss-reactive ketones (excluding diaryl/α,β-unsaturated/α-hetero) is 1. The molecule has 2 bridgehead atoms. The van der Waals surface area contributed by atoms with E-state index < -0.39 is 0 Å². The number of fused-ring (bicyclic) bond motifs is 2. The van der Waals surface area contributed by atoms with Crippen LogP contribution in [0.3, 0.4) is 0 Å². The molecule has 0 aliphatic carbocycles. The van der Waals surface area contributed by atoms with Crippen molar-refractivity contribution in [1.29, 1.82) is 0 Å². The van der Waals surface area contributed by atoms with Gasteiger partial charge in [0.2, 0.25) is 0 Å². The van der Waals surface area contributed by atoms with Gasteiger partial charge >= 0.3 is 0 Å². The fourth-order valence-corrected chi connectivity index (χ4v) is 3.66. The minimum atomic E-state index is 0.250. The fraction of sp³-hybridized carbons (Fsp3) is 0.562. The number of carbonyl (C=O) groups is 1. The molecule has 3 rings (SSSR count). The summed E-state index contributed by atoms with van der Waals surface area (Å²) >= 11 is 0. The van der Waals surface area contributed by atoms with Crippen LogP contribution < -0.4 is 0 Å². The van der Waals surface area contributed by atoms with Crippen LogP contribution in [0.2, 0.25) is 0 Å². The quantitative estimate of drug-likeness (QED) is 0.744. The van der Waals surface area contributed by atoms with Gasteiger partial charge in [-0.15, -0.1) is 0 Å². The van der Waals surface area contributed by atoms with Gasteiger partial charge in [0.25, 0.3) is 0 Å². The van der Waals surface area contributed by atoms with Crippen LogP contribution in [-0.4, -0.2) is 29.8 Å². The SMILES string of the molecule is Cc1cccc(C(=O)C2CC3CCC(C2)N3C)c1. The van der Waals surface area contributed by atoms with E-state index >= 15 is 0 Å². The standard InChI is InChI=1S/C16H21NO/c1-11-4-3-5-12(8-11)16(18)13-9-14-6-7-15(10-13)17(14)2/h3-5,8,13-15H,6-7,9-10H2,1-2H3. The lowest BCUT2D eigenvalue weighted by Gasteiger charge is -2.35. The largest absolute Gasteiger partial charge is 0.300 e. The number of hydrogen-bond acceptors (Lipinski definition) is 2. The van der Waals surface area contributed by atoms with E-state index in [4.69, 9.17) is 0 Å². The monoisotopic (exact) mass is 243 g/mol. The van der Waals surface area contributed by atoms with Crippen molar-refractivity contribution in [1.82, 2.24) is 4.90 Å². The van der Waals surface area contributed by atoms with Gasteiger partial charge in [0.05, 0.1) is 0 Å². The molecule has 96 valence electrons. The molecule has 0 amide bonds. The van der Waals surface area contributed by atoms with Gasteiger partial charge in [0.15, 0.2) is 5.78 Å². The topological polar surface area (TPSA) is 20.3 Å². The third kappa shape index (κ3) is 1.99. The highest BCUT2D eigenvalue weighted by Crippen LogP contribution is 2.38. The maximum atomic E-state index is 12.6. The summed E-state index contributed by atoms with van der Waals surface area (Å²) in [6, 6.07) is 9.32. The van der Waals surface area contributed by atoms with Crippen molar-refractivity contribution in [2.45, 2.75) is 44.7 Å². The van der Waals surface area contributed by atoms with E-state index in [9.17, 15) is 4.79 Å². The Bertz CT molecular complexity index is 454. The van der Waals surface area contributed by atoms with Gasteiger partial charge in [-0.2, -0.15) is 0 Å². The zero-order valence-corrected chi connectivity index (χ0v) is 11.2. The molecule has 2 aliphatic rings. The van der Waals surface area contributed by atoms with Gasteiger partial charge in [-0.1, -0.05) is 23.8 Å². The fourth-order valence-electron chi connectivity index (χ4n) is 3.66. The summed E-state index contributed by atoms with van der Waals surface area (Å²) in [6.07, 6.45) is 4.66. The smallest absolute Gasteiger partial charge is 0.166 e. The van der Waals surface area contributed by atoms with Crippen LogP contribution in [0.1, 0.15) is 41.6 Å². The predicted molar refractivity (Wildman–Crippen MR) is 72.8 cm³/mol. The molecule has 18 heavy (non-hydrogen) atoms. The Morgan fingerprint density at radius 3 is 2.50 bits per heavy atom. The molecule has 0 saturated carbocycles. The Morgan fingerprint density at radius 2 is 1.89 bits per heavy atom. The minimum Gasteiger partial charge on any atom is -0.300 e. The molecule has 2 heterocycles. The number of nitrogens with zero attached hydrogens (tertiary/aromatic N) is 1. The van der Waals surface area contributed by atoms with Gasteiger partial charge in [0, 0.05) is 23.6 Å². The molecular weight excluding hydrogens is 222 g/mol. The molecular formula is C16H21NO. The number of hydrogen-bond donors (Lipinski definition) is 0. The van der Waals surface area contributed by atoms with E-state index in [0.29, 0.717) is 17.9 Å². The third-order valence-electron chi connectivity index (χ3n) is 4.77. The first-order valence-corrected chi connectivity index (χ1v) is 6.98. The zero-order chi connectivity index (χ0) is 12.7. The van der Waals surface area contributed by atoms with Crippen LogP contribution in [-0.2, 0) is 0 Å². The molecule has 0 N–H and O–H groups in total. The van der Waals surface area contributed by atoms with Crippen molar-refractivity contribution < 1.29 is 4.79 Å². The van der Waals surface area contributed by atoms with E-state index in [2.05, 4.69) is 24.9 Å². The second-order valence-corrected chi connectivity index (χ2v) is 5.95. The van der Waals surface area contributed by atoms with E-state index in [1.165, 1.54) is 18.4 Å². The van der Waals surface area contributed by atoms with Crippen LogP contribution in [0.25, 0.3) is 0 Å². The number of ketones is 1. The zero-order valence-electron chi connectivity index (χ0n) is 11.2. The normalized spacial score (nSPS) is 31.6. The Hall–Kier alpha value is -1.15. The third-order valence-corrected chi connectivity index (χ3v) is 4.77. The van der Waals surface area contributed by atoms with Crippen LogP contribution >= 0.6 is 0 Å². The van der Waals surface area contributed by atoms with Crippen LogP contribution in [0.15, 0.2) is 24.3 Å². The first-order chi connectivity index (χ1) is 8.65. The predicted octanol–water partition coefficient (Wildman–Crippen LogP) is 3.05. The maximum Gasteiger partial charge on any atom is 0.166 e. The molecule has 2 nitrogen and oxygen atoms in total. The summed E-state index contributed by atoms with van der Waals surface area (Å²) in [7, 11) is 2.22. The summed E-state index contributed by atoms with van der Waals surface area (Å²) < 4.78 is 0. The van der Waals surface area contributed by atoms with Gasteiger partial charge in [-0.3, -0.25) is 4.79 Å². The molecule has 0 spiro atoms. The van der Waals surface area contributed by atoms with E-state index in [0.717, 1.165) is 18.4 Å². The van der Waals surface area contributed by atoms with Crippen molar-refractivity contribution >= 4 is 5.78 Å². The Morgan fingerprint density at radius 1 is 1.22 bits per heavy atom. The van der Waals surface area contributed by atoms with Crippen LogP contribution in [0, 0.1) is 12.8 Å². The first kappa shape index (κ1) is 11.9. The van der Waals surface area contributed by atoms with Crippen LogP contribution in [0.4, 0.5) is 0 Å². The Balaban J connectivity index is 1.78. The number of piperidine rings is 1. The molecule has 2 heteroatoms. The number of rotatable bonds is 2. The maximum absolute atomic E-state index is 12.6. The first-order valence-electron chi connectivity index (χ1n) is 6.98. The van der Waals surface area contributed by atoms with Gasteiger partial charge in [-0.05, 0) is 45.7 Å². The van der Waals surface area contributed by atoms with Crippen molar-refractivity contribution in [2.24, 2.45) is 5.92 Å². The van der Waals surface area contributed by atoms with E-state index in [-0.39, 0.29) is 5.92 Å². The van der Waals surface area contributed by atoms with Gasteiger partial charge < -0.3 is 4.90 Å². The van der Waals surface area contributed by atoms with E-state index in [1.54, 1.807) is 0 Å². The summed E-state index contributed by atoms with van der Waals surface area (Å²) in [4.78, 5) is 15.0. The molecule has 1 aromatic rings. The lowest BCUT2D eigenvalue weighted by atomic mass is 9.85. The molecule has 0 radical (unpaired) electrons. The number of aryl methyl sites for hydroxylation is 1. The highest BCUT2D eigenvalue weighted by molar-refractivity contribution is 5.98. The summed E-state index contributed by atoms with van der Waals surface area (Å²) in [6.45, 7) is 2.05. The molecule has 2 saturated heterocycles. The summed E-state index contributed by atoms with van der Waals surface area (Å²) in [5, 5.41) is 0.